The van der Waals surface area contributed by atoms with Gasteiger partial charge >= 0.3 is 0 Å². The lowest BCUT2D eigenvalue weighted by molar-refractivity contribution is 0.669. The Hall–Kier alpha value is -7.41. The lowest BCUT2D eigenvalue weighted by Gasteiger charge is -2.10. The molecule has 0 unspecified atom stereocenters. The summed E-state index contributed by atoms with van der Waals surface area (Å²) in [5.41, 5.74) is 10.3. The van der Waals surface area contributed by atoms with Crippen molar-refractivity contribution >= 4 is 75.3 Å². The standard InChI is InChI=1S/C51H30N4OS/c1-3-13-31(14-4-1)49-52-50(32-15-5-2-6-16-32)54-51(53-49)38-20-12-24-46-48(38)40-29-33(25-28-45(40)57-46)35-19-11-23-44-47(35)39-30-34(26-27-43(39)56-44)55-41-21-9-7-17-36(41)37-18-8-10-22-42(37)55/h1-30H. The van der Waals surface area contributed by atoms with Gasteiger partial charge < -0.3 is 8.98 Å². The van der Waals surface area contributed by atoms with E-state index in [2.05, 4.69) is 126 Å². The lowest BCUT2D eigenvalue weighted by Crippen LogP contribution is -2.00. The highest BCUT2D eigenvalue weighted by Crippen LogP contribution is 2.44. The number of hydrogen-bond acceptors (Lipinski definition) is 5. The van der Waals surface area contributed by atoms with E-state index in [0.717, 1.165) is 60.8 Å². The molecule has 12 aromatic rings. The Labute approximate surface area is 330 Å². The third kappa shape index (κ3) is 5.04. The summed E-state index contributed by atoms with van der Waals surface area (Å²) in [5, 5.41) is 6.98. The molecule has 12 rings (SSSR count). The zero-order valence-corrected chi connectivity index (χ0v) is 31.2. The predicted octanol–water partition coefficient (Wildman–Crippen LogP) is 13.9. The Kier molecular flexibility index (Phi) is 7.03. The number of fused-ring (bicyclic) bond motifs is 9. The molecule has 8 aromatic carbocycles. The lowest BCUT2D eigenvalue weighted by atomic mass is 9.97. The molecular weight excluding hydrogens is 717 g/mol. The summed E-state index contributed by atoms with van der Waals surface area (Å²) in [6.45, 7) is 0. The molecule has 57 heavy (non-hydrogen) atoms. The van der Waals surface area contributed by atoms with Gasteiger partial charge in [-0.3, -0.25) is 0 Å². The summed E-state index contributed by atoms with van der Waals surface area (Å²) in [7, 11) is 0. The maximum absolute atomic E-state index is 6.55. The maximum Gasteiger partial charge on any atom is 0.164 e. The van der Waals surface area contributed by atoms with Crippen LogP contribution in [-0.4, -0.2) is 19.5 Å². The molecule has 0 atom stereocenters. The van der Waals surface area contributed by atoms with Crippen LogP contribution in [0.15, 0.2) is 186 Å². The topological polar surface area (TPSA) is 56.7 Å². The molecule has 0 aliphatic rings. The average molecular weight is 747 g/mol. The molecule has 4 aromatic heterocycles. The molecule has 0 spiro atoms. The monoisotopic (exact) mass is 746 g/mol. The highest BCUT2D eigenvalue weighted by Gasteiger charge is 2.20. The van der Waals surface area contributed by atoms with E-state index in [1.807, 2.05) is 60.7 Å². The van der Waals surface area contributed by atoms with Crippen molar-refractivity contribution in [1.82, 2.24) is 19.5 Å². The molecule has 5 nitrogen and oxygen atoms in total. The molecule has 0 amide bonds. The van der Waals surface area contributed by atoms with Crippen LogP contribution in [0.25, 0.3) is 115 Å². The largest absolute Gasteiger partial charge is 0.456 e. The average Bonchev–Trinajstić information content (AvgIpc) is 3.96. The van der Waals surface area contributed by atoms with Gasteiger partial charge in [0.25, 0.3) is 0 Å². The zero-order chi connectivity index (χ0) is 37.5. The highest BCUT2D eigenvalue weighted by atomic mass is 32.1. The van der Waals surface area contributed by atoms with Gasteiger partial charge in [0.2, 0.25) is 0 Å². The molecule has 0 saturated heterocycles. The van der Waals surface area contributed by atoms with E-state index < -0.39 is 0 Å². The SMILES string of the molecule is c1ccc(-c2nc(-c3ccccc3)nc(-c3cccc4sc5ccc(-c6cccc7oc8ccc(-n9c%10ccccc%10c%10ccccc%109)cc8c67)cc5c34)n2)cc1. The van der Waals surface area contributed by atoms with Crippen LogP contribution < -0.4 is 0 Å². The minimum Gasteiger partial charge on any atom is -0.456 e. The van der Waals surface area contributed by atoms with Crippen molar-refractivity contribution < 1.29 is 4.42 Å². The molecule has 0 aliphatic heterocycles. The van der Waals surface area contributed by atoms with Crippen LogP contribution in [0.4, 0.5) is 0 Å². The summed E-state index contributed by atoms with van der Waals surface area (Å²) in [6.07, 6.45) is 0. The molecule has 266 valence electrons. The second-order valence-corrected chi connectivity index (χ2v) is 15.4. The molecule has 0 bridgehead atoms. The van der Waals surface area contributed by atoms with Crippen LogP contribution in [0, 0.1) is 0 Å². The van der Waals surface area contributed by atoms with Crippen LogP contribution in [0.1, 0.15) is 0 Å². The molecule has 0 radical (unpaired) electrons. The third-order valence-electron chi connectivity index (χ3n) is 11.1. The van der Waals surface area contributed by atoms with Crippen molar-refractivity contribution in [2.45, 2.75) is 0 Å². The first kappa shape index (κ1) is 31.9. The van der Waals surface area contributed by atoms with Gasteiger partial charge in [-0.1, -0.05) is 127 Å². The first-order valence-corrected chi connectivity index (χ1v) is 19.8. The number of rotatable bonds is 5. The van der Waals surface area contributed by atoms with Crippen molar-refractivity contribution in [3.63, 3.8) is 0 Å². The number of thiophene rings is 1. The zero-order valence-electron chi connectivity index (χ0n) is 30.4. The van der Waals surface area contributed by atoms with Gasteiger partial charge in [-0.25, -0.2) is 15.0 Å². The number of hydrogen-bond donors (Lipinski definition) is 0. The summed E-state index contributed by atoms with van der Waals surface area (Å²) >= 11 is 1.79. The number of aromatic nitrogens is 4. The van der Waals surface area contributed by atoms with E-state index in [4.69, 9.17) is 19.4 Å². The summed E-state index contributed by atoms with van der Waals surface area (Å²) in [6, 6.07) is 63.8. The first-order valence-electron chi connectivity index (χ1n) is 19.0. The number of para-hydroxylation sites is 2. The van der Waals surface area contributed by atoms with Crippen molar-refractivity contribution in [3.05, 3.63) is 182 Å². The summed E-state index contributed by atoms with van der Waals surface area (Å²) in [4.78, 5) is 15.2. The van der Waals surface area contributed by atoms with E-state index in [0.29, 0.717) is 17.5 Å². The molecular formula is C51H30N4OS. The van der Waals surface area contributed by atoms with Crippen LogP contribution in [-0.2, 0) is 0 Å². The number of nitrogens with zero attached hydrogens (tertiary/aromatic N) is 4. The van der Waals surface area contributed by atoms with E-state index in [9.17, 15) is 0 Å². The van der Waals surface area contributed by atoms with Gasteiger partial charge in [-0.2, -0.15) is 0 Å². The van der Waals surface area contributed by atoms with Crippen molar-refractivity contribution in [3.8, 4) is 51.0 Å². The Morgan fingerprint density at radius 3 is 1.74 bits per heavy atom. The Morgan fingerprint density at radius 2 is 1.02 bits per heavy atom. The van der Waals surface area contributed by atoms with E-state index in [-0.39, 0.29) is 0 Å². The van der Waals surface area contributed by atoms with Crippen LogP contribution in [0.2, 0.25) is 0 Å². The van der Waals surface area contributed by atoms with E-state index in [1.165, 1.54) is 36.6 Å². The highest BCUT2D eigenvalue weighted by molar-refractivity contribution is 7.26. The Bertz CT molecular complexity index is 3420. The quantitative estimate of drug-likeness (QED) is 0.176. The Morgan fingerprint density at radius 1 is 0.386 bits per heavy atom. The molecule has 0 N–H and O–H groups in total. The molecule has 4 heterocycles. The van der Waals surface area contributed by atoms with Crippen LogP contribution >= 0.6 is 11.3 Å². The first-order chi connectivity index (χ1) is 28.2. The smallest absolute Gasteiger partial charge is 0.164 e. The number of benzene rings is 8. The van der Waals surface area contributed by atoms with Gasteiger partial charge in [-0.15, -0.1) is 11.3 Å². The van der Waals surface area contributed by atoms with Gasteiger partial charge in [0, 0.05) is 64.1 Å². The van der Waals surface area contributed by atoms with Gasteiger partial charge in [-0.05, 0) is 65.7 Å². The molecule has 0 fully saturated rings. The van der Waals surface area contributed by atoms with Gasteiger partial charge in [0.05, 0.1) is 11.0 Å². The van der Waals surface area contributed by atoms with Gasteiger partial charge in [0.1, 0.15) is 11.2 Å². The number of furan rings is 1. The minimum atomic E-state index is 0.649. The second kappa shape index (κ2) is 12.6. The predicted molar refractivity (Wildman–Crippen MR) is 236 cm³/mol. The second-order valence-electron chi connectivity index (χ2n) is 14.4. The molecule has 0 saturated carbocycles. The molecule has 6 heteroatoms. The fourth-order valence-corrected chi connectivity index (χ4v) is 9.62. The minimum absolute atomic E-state index is 0.649. The van der Waals surface area contributed by atoms with Crippen molar-refractivity contribution in [2.75, 3.05) is 0 Å². The van der Waals surface area contributed by atoms with E-state index >= 15 is 0 Å². The van der Waals surface area contributed by atoms with Crippen molar-refractivity contribution in [2.24, 2.45) is 0 Å². The fraction of sp³-hybridized carbons (Fsp3) is 0. The van der Waals surface area contributed by atoms with Crippen LogP contribution in [0.3, 0.4) is 0 Å². The van der Waals surface area contributed by atoms with Crippen LogP contribution in [0.5, 0.6) is 0 Å². The van der Waals surface area contributed by atoms with Crippen molar-refractivity contribution in [1.29, 1.82) is 0 Å². The summed E-state index contributed by atoms with van der Waals surface area (Å²) < 4.78 is 11.3. The molecule has 0 aliphatic carbocycles. The Balaban J connectivity index is 1.06. The maximum atomic E-state index is 6.55. The third-order valence-corrected chi connectivity index (χ3v) is 12.2. The summed E-state index contributed by atoms with van der Waals surface area (Å²) in [5.74, 6) is 1.95. The van der Waals surface area contributed by atoms with Gasteiger partial charge in [0.15, 0.2) is 17.5 Å². The van der Waals surface area contributed by atoms with E-state index in [1.54, 1.807) is 11.3 Å². The fourth-order valence-electron chi connectivity index (χ4n) is 8.50. The normalized spacial score (nSPS) is 11.9.